The third-order valence-electron chi connectivity index (χ3n) is 1.74. The predicted molar refractivity (Wildman–Crippen MR) is 52.6 cm³/mol. The Labute approximate surface area is 84.8 Å². The molecule has 0 unspecified atom stereocenters. The number of rotatable bonds is 1. The molecule has 0 saturated heterocycles. The van der Waals surface area contributed by atoms with Gasteiger partial charge < -0.3 is 11.1 Å². The molecule has 0 aromatic heterocycles. The van der Waals surface area contributed by atoms with Crippen LogP contribution in [-0.2, 0) is 6.18 Å². The average Bonchev–Trinajstić information content (AvgIpc) is 2.17. The number of anilines is 1. The standard InChI is InChI=1S/C9H10F3N3/c1-14-8(13)15-7-5-3-2-4-6(7)9(10,11)12/h2-5H,1H3,(H3,13,14,15). The van der Waals surface area contributed by atoms with Gasteiger partial charge in [0.15, 0.2) is 5.96 Å². The number of alkyl halides is 3. The van der Waals surface area contributed by atoms with Crippen LogP contribution in [0.1, 0.15) is 5.56 Å². The Kier molecular flexibility index (Phi) is 3.18. The zero-order chi connectivity index (χ0) is 11.5. The monoisotopic (exact) mass is 217 g/mol. The lowest BCUT2D eigenvalue weighted by atomic mass is 10.1. The van der Waals surface area contributed by atoms with Gasteiger partial charge in [-0.15, -0.1) is 0 Å². The Morgan fingerprint density at radius 3 is 2.47 bits per heavy atom. The maximum absolute atomic E-state index is 12.5. The van der Waals surface area contributed by atoms with Gasteiger partial charge in [0.05, 0.1) is 11.3 Å². The molecule has 15 heavy (non-hydrogen) atoms. The van der Waals surface area contributed by atoms with Crippen molar-refractivity contribution in [3.05, 3.63) is 29.8 Å². The lowest BCUT2D eigenvalue weighted by Gasteiger charge is -2.13. The number of nitrogens with two attached hydrogens (primary N) is 1. The first kappa shape index (κ1) is 11.4. The molecule has 0 amide bonds. The summed E-state index contributed by atoms with van der Waals surface area (Å²) >= 11 is 0. The molecular formula is C9H10F3N3. The van der Waals surface area contributed by atoms with Gasteiger partial charge in [0.2, 0.25) is 0 Å². The fourth-order valence-electron chi connectivity index (χ4n) is 1.03. The molecule has 1 aromatic rings. The largest absolute Gasteiger partial charge is 0.418 e. The van der Waals surface area contributed by atoms with E-state index in [0.717, 1.165) is 6.07 Å². The minimum Gasteiger partial charge on any atom is -0.370 e. The highest BCUT2D eigenvalue weighted by Gasteiger charge is 2.33. The van der Waals surface area contributed by atoms with Crippen molar-refractivity contribution in [2.75, 3.05) is 12.4 Å². The smallest absolute Gasteiger partial charge is 0.370 e. The highest BCUT2D eigenvalue weighted by atomic mass is 19.4. The second kappa shape index (κ2) is 4.20. The Morgan fingerprint density at radius 2 is 1.93 bits per heavy atom. The van der Waals surface area contributed by atoms with Gasteiger partial charge in [-0.25, -0.2) is 0 Å². The minimum atomic E-state index is -4.41. The summed E-state index contributed by atoms with van der Waals surface area (Å²) in [5.41, 5.74) is 4.42. The number of para-hydroxylation sites is 1. The number of halogens is 3. The minimum absolute atomic E-state index is 0.0632. The van der Waals surface area contributed by atoms with E-state index in [1.54, 1.807) is 0 Å². The first-order valence-corrected chi connectivity index (χ1v) is 4.10. The number of nitrogens with zero attached hydrogens (tertiary/aromatic N) is 1. The highest BCUT2D eigenvalue weighted by Crippen LogP contribution is 2.34. The molecule has 0 spiro atoms. The van der Waals surface area contributed by atoms with Crippen LogP contribution >= 0.6 is 0 Å². The SMILES string of the molecule is CN=C(N)Nc1ccccc1C(F)(F)F. The molecule has 1 rings (SSSR count). The molecule has 3 N–H and O–H groups in total. The highest BCUT2D eigenvalue weighted by molar-refractivity contribution is 5.92. The van der Waals surface area contributed by atoms with E-state index in [2.05, 4.69) is 10.3 Å². The maximum Gasteiger partial charge on any atom is 0.418 e. The van der Waals surface area contributed by atoms with Gasteiger partial charge >= 0.3 is 6.18 Å². The number of aliphatic imine (C=N–C) groups is 1. The zero-order valence-corrected chi connectivity index (χ0v) is 7.97. The molecule has 0 aliphatic carbocycles. The van der Waals surface area contributed by atoms with Crippen LogP contribution in [0.25, 0.3) is 0 Å². The number of guanidine groups is 1. The van der Waals surface area contributed by atoms with E-state index in [1.165, 1.54) is 25.2 Å². The molecule has 0 radical (unpaired) electrons. The molecule has 0 aliphatic rings. The van der Waals surface area contributed by atoms with Gasteiger partial charge in [0, 0.05) is 7.05 Å². The summed E-state index contributed by atoms with van der Waals surface area (Å²) in [6.07, 6.45) is -4.41. The molecule has 3 nitrogen and oxygen atoms in total. The van der Waals surface area contributed by atoms with E-state index in [9.17, 15) is 13.2 Å². The van der Waals surface area contributed by atoms with Crippen molar-refractivity contribution in [1.29, 1.82) is 0 Å². The molecule has 0 bridgehead atoms. The summed E-state index contributed by atoms with van der Waals surface area (Å²) in [6.45, 7) is 0. The van der Waals surface area contributed by atoms with Crippen LogP contribution in [0.5, 0.6) is 0 Å². The number of hydrogen-bond donors (Lipinski definition) is 2. The van der Waals surface area contributed by atoms with Crippen LogP contribution in [-0.4, -0.2) is 13.0 Å². The van der Waals surface area contributed by atoms with E-state index in [0.29, 0.717) is 0 Å². The molecular weight excluding hydrogens is 207 g/mol. The summed E-state index contributed by atoms with van der Waals surface area (Å²) in [7, 11) is 1.39. The van der Waals surface area contributed by atoms with E-state index < -0.39 is 11.7 Å². The topological polar surface area (TPSA) is 50.4 Å². The fraction of sp³-hybridized carbons (Fsp3) is 0.222. The Morgan fingerprint density at radius 1 is 1.33 bits per heavy atom. The fourth-order valence-corrected chi connectivity index (χ4v) is 1.03. The van der Waals surface area contributed by atoms with Gasteiger partial charge in [0.1, 0.15) is 0 Å². The third-order valence-corrected chi connectivity index (χ3v) is 1.74. The van der Waals surface area contributed by atoms with Gasteiger partial charge in [-0.2, -0.15) is 13.2 Å². The van der Waals surface area contributed by atoms with Crippen LogP contribution in [0.15, 0.2) is 29.3 Å². The van der Waals surface area contributed by atoms with Crippen molar-refractivity contribution in [3.63, 3.8) is 0 Å². The van der Waals surface area contributed by atoms with Crippen molar-refractivity contribution >= 4 is 11.6 Å². The molecule has 82 valence electrons. The Hall–Kier alpha value is -1.72. The van der Waals surface area contributed by atoms with Gasteiger partial charge in [-0.05, 0) is 12.1 Å². The second-order valence-electron chi connectivity index (χ2n) is 2.78. The van der Waals surface area contributed by atoms with Crippen molar-refractivity contribution in [1.82, 2.24) is 0 Å². The summed E-state index contributed by atoms with van der Waals surface area (Å²) in [6, 6.07) is 5.07. The first-order valence-electron chi connectivity index (χ1n) is 4.10. The predicted octanol–water partition coefficient (Wildman–Crippen LogP) is 2.06. The van der Waals surface area contributed by atoms with Crippen LogP contribution in [0.2, 0.25) is 0 Å². The van der Waals surface area contributed by atoms with Crippen molar-refractivity contribution < 1.29 is 13.2 Å². The van der Waals surface area contributed by atoms with Crippen LogP contribution in [0.4, 0.5) is 18.9 Å². The van der Waals surface area contributed by atoms with Crippen molar-refractivity contribution in [2.24, 2.45) is 10.7 Å². The van der Waals surface area contributed by atoms with E-state index >= 15 is 0 Å². The normalized spacial score (nSPS) is 12.7. The zero-order valence-electron chi connectivity index (χ0n) is 7.97. The Bertz CT molecular complexity index is 371. The molecule has 0 atom stereocenters. The average molecular weight is 217 g/mol. The lowest BCUT2D eigenvalue weighted by Crippen LogP contribution is -2.24. The molecule has 1 aromatic carbocycles. The lowest BCUT2D eigenvalue weighted by molar-refractivity contribution is -0.136. The number of nitrogens with one attached hydrogen (secondary N) is 1. The van der Waals surface area contributed by atoms with Crippen LogP contribution < -0.4 is 11.1 Å². The quantitative estimate of drug-likeness (QED) is 0.558. The first-order chi connectivity index (χ1) is 6.95. The van der Waals surface area contributed by atoms with Crippen molar-refractivity contribution in [3.8, 4) is 0 Å². The van der Waals surface area contributed by atoms with Gasteiger partial charge in [0.25, 0.3) is 0 Å². The van der Waals surface area contributed by atoms with E-state index in [4.69, 9.17) is 5.73 Å². The maximum atomic E-state index is 12.5. The van der Waals surface area contributed by atoms with Gasteiger partial charge in [-0.1, -0.05) is 12.1 Å². The van der Waals surface area contributed by atoms with Crippen LogP contribution in [0.3, 0.4) is 0 Å². The number of hydrogen-bond acceptors (Lipinski definition) is 1. The second-order valence-corrected chi connectivity index (χ2v) is 2.78. The van der Waals surface area contributed by atoms with Gasteiger partial charge in [-0.3, -0.25) is 4.99 Å². The van der Waals surface area contributed by atoms with E-state index in [1.807, 2.05) is 0 Å². The van der Waals surface area contributed by atoms with Crippen molar-refractivity contribution in [2.45, 2.75) is 6.18 Å². The molecule has 0 heterocycles. The molecule has 0 aliphatic heterocycles. The van der Waals surface area contributed by atoms with E-state index in [-0.39, 0.29) is 11.6 Å². The summed E-state index contributed by atoms with van der Waals surface area (Å²) < 4.78 is 37.4. The summed E-state index contributed by atoms with van der Waals surface area (Å²) in [5.74, 6) is -0.0632. The molecule has 6 heteroatoms. The summed E-state index contributed by atoms with van der Waals surface area (Å²) in [4.78, 5) is 3.52. The van der Waals surface area contributed by atoms with Crippen LogP contribution in [0, 0.1) is 0 Å². The summed E-state index contributed by atoms with van der Waals surface area (Å²) in [5, 5.41) is 2.37. The number of benzene rings is 1. The molecule has 0 saturated carbocycles. The molecule has 0 fully saturated rings. The third kappa shape index (κ3) is 2.87. The Balaban J connectivity index is 3.08.